The lowest BCUT2D eigenvalue weighted by molar-refractivity contribution is 0.0209. The Morgan fingerprint density at radius 3 is 2.61 bits per heavy atom. The molecule has 3 heterocycles. The first-order chi connectivity index (χ1) is 8.83. The van der Waals surface area contributed by atoms with Gasteiger partial charge in [0.05, 0.1) is 17.7 Å². The van der Waals surface area contributed by atoms with Gasteiger partial charge in [0.2, 0.25) is 5.95 Å². The van der Waals surface area contributed by atoms with E-state index in [4.69, 9.17) is 4.74 Å². The van der Waals surface area contributed by atoms with Gasteiger partial charge in [-0.1, -0.05) is 0 Å². The van der Waals surface area contributed by atoms with Crippen molar-refractivity contribution in [2.24, 2.45) is 0 Å². The topological polar surface area (TPSA) is 41.5 Å². The third kappa shape index (κ3) is 2.65. The van der Waals surface area contributed by atoms with E-state index >= 15 is 0 Å². The van der Waals surface area contributed by atoms with Crippen molar-refractivity contribution >= 4 is 21.9 Å². The number of aromatic nitrogens is 2. The average molecular weight is 313 g/mol. The Hall–Kier alpha value is -0.720. The lowest BCUT2D eigenvalue weighted by Crippen LogP contribution is -2.44. The summed E-state index contributed by atoms with van der Waals surface area (Å²) in [5.74, 6) is 0.842. The van der Waals surface area contributed by atoms with Gasteiger partial charge >= 0.3 is 0 Å². The first-order valence-electron chi connectivity index (χ1n) is 6.37. The van der Waals surface area contributed by atoms with E-state index in [1.165, 1.54) is 6.42 Å². The zero-order valence-corrected chi connectivity index (χ0v) is 11.8. The van der Waals surface area contributed by atoms with Crippen molar-refractivity contribution < 1.29 is 4.74 Å². The van der Waals surface area contributed by atoms with Gasteiger partial charge in [-0.15, -0.1) is 0 Å². The summed E-state index contributed by atoms with van der Waals surface area (Å²) in [5.41, 5.74) is 0. The summed E-state index contributed by atoms with van der Waals surface area (Å²) in [4.78, 5) is 13.5. The van der Waals surface area contributed by atoms with E-state index in [0.29, 0.717) is 6.04 Å². The largest absolute Gasteiger partial charge is 0.379 e. The molecule has 0 spiro atoms. The van der Waals surface area contributed by atoms with Crippen LogP contribution in [0.5, 0.6) is 0 Å². The molecule has 2 aliphatic rings. The number of nitrogens with zero attached hydrogens (tertiary/aromatic N) is 4. The molecule has 18 heavy (non-hydrogen) atoms. The summed E-state index contributed by atoms with van der Waals surface area (Å²) in [5, 5.41) is 0. The van der Waals surface area contributed by atoms with Gasteiger partial charge in [0, 0.05) is 44.6 Å². The lowest BCUT2D eigenvalue weighted by atomic mass is 10.2. The third-order valence-electron chi connectivity index (χ3n) is 3.61. The van der Waals surface area contributed by atoms with Crippen LogP contribution >= 0.6 is 15.9 Å². The van der Waals surface area contributed by atoms with Crippen LogP contribution in [-0.4, -0.2) is 60.3 Å². The quantitative estimate of drug-likeness (QED) is 0.819. The fourth-order valence-electron chi connectivity index (χ4n) is 2.63. The Morgan fingerprint density at radius 1 is 1.17 bits per heavy atom. The van der Waals surface area contributed by atoms with Crippen LogP contribution in [0.4, 0.5) is 5.95 Å². The fraction of sp³-hybridized carbons (Fsp3) is 0.667. The van der Waals surface area contributed by atoms with Crippen LogP contribution in [0, 0.1) is 0 Å². The van der Waals surface area contributed by atoms with E-state index in [-0.39, 0.29) is 0 Å². The van der Waals surface area contributed by atoms with Gasteiger partial charge in [-0.05, 0) is 22.4 Å². The van der Waals surface area contributed by atoms with Crippen LogP contribution in [0.25, 0.3) is 0 Å². The summed E-state index contributed by atoms with van der Waals surface area (Å²) in [7, 11) is 0. The second-order valence-electron chi connectivity index (χ2n) is 4.74. The SMILES string of the molecule is Brc1cnc(N2CCC(N3CCOCC3)C2)nc1. The van der Waals surface area contributed by atoms with Gasteiger partial charge in [-0.3, -0.25) is 4.90 Å². The number of ether oxygens (including phenoxy) is 1. The maximum Gasteiger partial charge on any atom is 0.225 e. The van der Waals surface area contributed by atoms with Crippen LogP contribution < -0.4 is 4.90 Å². The Balaban J connectivity index is 1.62. The van der Waals surface area contributed by atoms with Gasteiger partial charge in [-0.2, -0.15) is 0 Å². The minimum atomic E-state index is 0.626. The van der Waals surface area contributed by atoms with Crippen molar-refractivity contribution in [3.8, 4) is 0 Å². The molecule has 0 radical (unpaired) electrons. The van der Waals surface area contributed by atoms with Crippen molar-refractivity contribution in [2.75, 3.05) is 44.3 Å². The lowest BCUT2D eigenvalue weighted by Gasteiger charge is -2.32. The van der Waals surface area contributed by atoms with E-state index in [0.717, 1.165) is 49.8 Å². The monoisotopic (exact) mass is 312 g/mol. The van der Waals surface area contributed by atoms with Crippen molar-refractivity contribution in [3.63, 3.8) is 0 Å². The summed E-state index contributed by atoms with van der Waals surface area (Å²) in [6, 6.07) is 0.626. The zero-order valence-electron chi connectivity index (χ0n) is 10.3. The van der Waals surface area contributed by atoms with E-state index < -0.39 is 0 Å². The highest BCUT2D eigenvalue weighted by Crippen LogP contribution is 2.21. The molecule has 2 fully saturated rings. The smallest absolute Gasteiger partial charge is 0.225 e. The Labute approximate surface area is 115 Å². The summed E-state index contributed by atoms with van der Waals surface area (Å²) in [6.45, 7) is 5.92. The van der Waals surface area contributed by atoms with Crippen LogP contribution in [0.3, 0.4) is 0 Å². The number of hydrogen-bond donors (Lipinski definition) is 0. The predicted molar refractivity (Wildman–Crippen MR) is 72.7 cm³/mol. The molecule has 6 heteroatoms. The molecule has 0 amide bonds. The maximum atomic E-state index is 5.40. The predicted octanol–water partition coefficient (Wildman–Crippen LogP) is 1.15. The highest BCUT2D eigenvalue weighted by molar-refractivity contribution is 9.10. The summed E-state index contributed by atoms with van der Waals surface area (Å²) in [6.07, 6.45) is 4.81. The minimum Gasteiger partial charge on any atom is -0.379 e. The van der Waals surface area contributed by atoms with Crippen molar-refractivity contribution in [1.82, 2.24) is 14.9 Å². The molecular weight excluding hydrogens is 296 g/mol. The van der Waals surface area contributed by atoms with Gasteiger partial charge in [-0.25, -0.2) is 9.97 Å². The second-order valence-corrected chi connectivity index (χ2v) is 5.65. The van der Waals surface area contributed by atoms with Gasteiger partial charge < -0.3 is 9.64 Å². The third-order valence-corrected chi connectivity index (χ3v) is 4.02. The van der Waals surface area contributed by atoms with Crippen LogP contribution in [0.15, 0.2) is 16.9 Å². The Bertz CT molecular complexity index is 394. The Kier molecular flexibility index (Phi) is 3.77. The van der Waals surface area contributed by atoms with Crippen LogP contribution in [-0.2, 0) is 4.74 Å². The molecular formula is C12H17BrN4O. The van der Waals surface area contributed by atoms with Gasteiger partial charge in [0.25, 0.3) is 0 Å². The van der Waals surface area contributed by atoms with E-state index in [9.17, 15) is 0 Å². The zero-order chi connectivity index (χ0) is 12.4. The molecule has 5 nitrogen and oxygen atoms in total. The van der Waals surface area contributed by atoms with Crippen molar-refractivity contribution in [3.05, 3.63) is 16.9 Å². The molecule has 2 aliphatic heterocycles. The van der Waals surface area contributed by atoms with Crippen molar-refractivity contribution in [1.29, 1.82) is 0 Å². The molecule has 0 bridgehead atoms. The molecule has 0 aliphatic carbocycles. The highest BCUT2D eigenvalue weighted by atomic mass is 79.9. The first-order valence-corrected chi connectivity index (χ1v) is 7.16. The average Bonchev–Trinajstić information content (AvgIpc) is 2.90. The van der Waals surface area contributed by atoms with Crippen LogP contribution in [0.2, 0.25) is 0 Å². The molecule has 0 aromatic carbocycles. The normalized spacial score (nSPS) is 25.6. The molecule has 3 rings (SSSR count). The molecule has 0 N–H and O–H groups in total. The molecule has 1 atom stereocenters. The second kappa shape index (κ2) is 5.50. The number of hydrogen-bond acceptors (Lipinski definition) is 5. The molecule has 0 saturated carbocycles. The number of rotatable bonds is 2. The summed E-state index contributed by atoms with van der Waals surface area (Å²) < 4.78 is 6.32. The molecule has 2 saturated heterocycles. The standard InChI is InChI=1S/C12H17BrN4O/c13-10-7-14-12(15-8-10)17-2-1-11(9-17)16-3-5-18-6-4-16/h7-8,11H,1-6,9H2. The minimum absolute atomic E-state index is 0.626. The van der Waals surface area contributed by atoms with E-state index in [1.54, 1.807) is 0 Å². The number of anilines is 1. The number of halogens is 1. The van der Waals surface area contributed by atoms with Gasteiger partial charge in [0.1, 0.15) is 0 Å². The van der Waals surface area contributed by atoms with E-state index in [1.807, 2.05) is 12.4 Å². The number of morpholine rings is 1. The molecule has 1 aromatic rings. The van der Waals surface area contributed by atoms with Crippen molar-refractivity contribution in [2.45, 2.75) is 12.5 Å². The Morgan fingerprint density at radius 2 is 1.89 bits per heavy atom. The van der Waals surface area contributed by atoms with Gasteiger partial charge in [0.15, 0.2) is 0 Å². The molecule has 1 unspecified atom stereocenters. The van der Waals surface area contributed by atoms with E-state index in [2.05, 4.69) is 35.7 Å². The fourth-order valence-corrected chi connectivity index (χ4v) is 2.84. The highest BCUT2D eigenvalue weighted by Gasteiger charge is 2.29. The molecule has 98 valence electrons. The first kappa shape index (κ1) is 12.3. The maximum absolute atomic E-state index is 5.40. The van der Waals surface area contributed by atoms with Crippen LogP contribution in [0.1, 0.15) is 6.42 Å². The summed E-state index contributed by atoms with van der Waals surface area (Å²) >= 11 is 3.36. The molecule has 1 aromatic heterocycles.